The van der Waals surface area contributed by atoms with E-state index in [9.17, 15) is 9.59 Å². The molecule has 0 N–H and O–H groups in total. The van der Waals surface area contributed by atoms with Gasteiger partial charge in [0.25, 0.3) is 0 Å². The Bertz CT molecular complexity index is 492. The number of amides is 1. The number of carbonyl (C=O) groups excluding carboxylic acids is 2. The SMILES string of the molecule is CC(C)(C)OC(=O)N1[13CH2]C(=O)OC[C@@H]1c1ccccc1. The molecule has 1 aromatic carbocycles. The van der Waals surface area contributed by atoms with E-state index < -0.39 is 17.7 Å². The fourth-order valence-electron chi connectivity index (χ4n) is 2.02. The van der Waals surface area contributed by atoms with Crippen molar-refractivity contribution in [1.29, 1.82) is 0 Å². The van der Waals surface area contributed by atoms with E-state index >= 15 is 0 Å². The van der Waals surface area contributed by atoms with Crippen LogP contribution in [0.3, 0.4) is 0 Å². The summed E-state index contributed by atoms with van der Waals surface area (Å²) in [6, 6.07) is 9.18. The van der Waals surface area contributed by atoms with E-state index in [1.165, 1.54) is 4.90 Å². The average Bonchev–Trinajstić information content (AvgIpc) is 2.37. The van der Waals surface area contributed by atoms with Crippen molar-refractivity contribution in [3.8, 4) is 0 Å². The largest absolute Gasteiger partial charge is 0.462 e. The van der Waals surface area contributed by atoms with Crippen molar-refractivity contribution in [3.63, 3.8) is 0 Å². The fourth-order valence-corrected chi connectivity index (χ4v) is 2.02. The highest BCUT2D eigenvalue weighted by atomic mass is 16.6. The standard InChI is InChI=1S/C15H19NO4/c1-15(2,3)20-14(18)16-9-13(17)19-10-12(16)11-7-5-4-6-8-11/h4-8,12H,9-10H2,1-3H3/t12-/m1/s1/i9+1. The van der Waals surface area contributed by atoms with Crippen molar-refractivity contribution in [2.75, 3.05) is 13.2 Å². The molecule has 2 rings (SSSR count). The Morgan fingerprint density at radius 2 is 1.95 bits per heavy atom. The molecule has 1 heterocycles. The number of cyclic esters (lactones) is 1. The average molecular weight is 278 g/mol. The van der Waals surface area contributed by atoms with Crippen LogP contribution in [0.25, 0.3) is 0 Å². The lowest BCUT2D eigenvalue weighted by Crippen LogP contribution is -2.47. The minimum Gasteiger partial charge on any atom is -0.462 e. The molecule has 1 aliphatic heterocycles. The molecule has 1 aromatic rings. The molecule has 20 heavy (non-hydrogen) atoms. The molecule has 1 atom stereocenters. The van der Waals surface area contributed by atoms with Crippen LogP contribution in [0.5, 0.6) is 0 Å². The molecule has 5 nitrogen and oxygen atoms in total. The highest BCUT2D eigenvalue weighted by Crippen LogP contribution is 2.26. The van der Waals surface area contributed by atoms with E-state index in [-0.39, 0.29) is 19.2 Å². The van der Waals surface area contributed by atoms with Crippen LogP contribution >= 0.6 is 0 Å². The number of morpholine rings is 1. The zero-order valence-electron chi connectivity index (χ0n) is 12.0. The van der Waals surface area contributed by atoms with E-state index in [4.69, 9.17) is 9.47 Å². The third-order valence-electron chi connectivity index (χ3n) is 2.89. The van der Waals surface area contributed by atoms with Gasteiger partial charge in [-0.3, -0.25) is 9.69 Å². The molecular formula is C15H19NO4. The Hall–Kier alpha value is -2.04. The lowest BCUT2D eigenvalue weighted by Gasteiger charge is -2.35. The second kappa shape index (κ2) is 5.53. The van der Waals surface area contributed by atoms with Crippen molar-refractivity contribution in [1.82, 2.24) is 4.90 Å². The van der Waals surface area contributed by atoms with Gasteiger partial charge >= 0.3 is 12.1 Å². The molecule has 1 saturated heterocycles. The zero-order chi connectivity index (χ0) is 14.8. The molecule has 108 valence electrons. The number of rotatable bonds is 1. The van der Waals surface area contributed by atoms with Crippen molar-refractivity contribution in [2.45, 2.75) is 32.4 Å². The highest BCUT2D eigenvalue weighted by molar-refractivity contribution is 5.79. The maximum Gasteiger partial charge on any atom is 0.411 e. The summed E-state index contributed by atoms with van der Waals surface area (Å²) in [7, 11) is 0. The molecule has 0 bridgehead atoms. The Morgan fingerprint density at radius 1 is 1.30 bits per heavy atom. The van der Waals surface area contributed by atoms with Gasteiger partial charge in [0.2, 0.25) is 0 Å². The molecule has 0 aromatic heterocycles. The number of hydrogen-bond acceptors (Lipinski definition) is 4. The monoisotopic (exact) mass is 278 g/mol. The molecular weight excluding hydrogens is 259 g/mol. The third kappa shape index (κ3) is 3.50. The number of hydrogen-bond donors (Lipinski definition) is 0. The molecule has 1 fully saturated rings. The van der Waals surface area contributed by atoms with Crippen LogP contribution in [0.4, 0.5) is 4.79 Å². The first-order valence-electron chi connectivity index (χ1n) is 6.57. The van der Waals surface area contributed by atoms with Crippen LogP contribution < -0.4 is 0 Å². The van der Waals surface area contributed by atoms with Crippen LogP contribution in [0.1, 0.15) is 32.4 Å². The molecule has 0 spiro atoms. The van der Waals surface area contributed by atoms with Crippen LogP contribution in [0, 0.1) is 0 Å². The van der Waals surface area contributed by atoms with Crippen molar-refractivity contribution >= 4 is 12.1 Å². The van der Waals surface area contributed by atoms with Gasteiger partial charge in [-0.1, -0.05) is 30.3 Å². The number of esters is 1. The number of carbonyl (C=O) groups is 2. The van der Waals surface area contributed by atoms with Gasteiger partial charge in [0.05, 0.1) is 6.04 Å². The molecule has 1 amide bonds. The van der Waals surface area contributed by atoms with Gasteiger partial charge in [0, 0.05) is 0 Å². The molecule has 0 aliphatic carbocycles. The Morgan fingerprint density at radius 3 is 2.55 bits per heavy atom. The van der Waals surface area contributed by atoms with E-state index in [1.807, 2.05) is 30.3 Å². The first kappa shape index (κ1) is 14.4. The van der Waals surface area contributed by atoms with Gasteiger partial charge in [0.15, 0.2) is 0 Å². The molecule has 5 heteroatoms. The fraction of sp³-hybridized carbons (Fsp3) is 0.467. The van der Waals surface area contributed by atoms with E-state index in [0.29, 0.717) is 0 Å². The third-order valence-corrected chi connectivity index (χ3v) is 2.89. The Kier molecular flexibility index (Phi) is 3.97. The van der Waals surface area contributed by atoms with Crippen LogP contribution in [0.2, 0.25) is 0 Å². The van der Waals surface area contributed by atoms with Gasteiger partial charge in [-0.25, -0.2) is 4.79 Å². The topological polar surface area (TPSA) is 55.8 Å². The van der Waals surface area contributed by atoms with Gasteiger partial charge in [0.1, 0.15) is 18.8 Å². The zero-order valence-corrected chi connectivity index (χ0v) is 12.0. The summed E-state index contributed by atoms with van der Waals surface area (Å²) < 4.78 is 10.4. The summed E-state index contributed by atoms with van der Waals surface area (Å²) >= 11 is 0. The van der Waals surface area contributed by atoms with E-state index in [1.54, 1.807) is 20.8 Å². The first-order valence-corrected chi connectivity index (χ1v) is 6.57. The maximum atomic E-state index is 12.2. The van der Waals surface area contributed by atoms with Gasteiger partial charge < -0.3 is 9.47 Å². The van der Waals surface area contributed by atoms with E-state index in [0.717, 1.165) is 5.56 Å². The van der Waals surface area contributed by atoms with E-state index in [2.05, 4.69) is 0 Å². The number of ether oxygens (including phenoxy) is 2. The molecule has 0 unspecified atom stereocenters. The lowest BCUT2D eigenvalue weighted by molar-refractivity contribution is -0.154. The summed E-state index contributed by atoms with van der Waals surface area (Å²) in [5, 5.41) is 0. The number of nitrogens with zero attached hydrogens (tertiary/aromatic N) is 1. The second-order valence-corrected chi connectivity index (χ2v) is 5.72. The lowest BCUT2D eigenvalue weighted by atomic mass is 10.1. The molecule has 1 aliphatic rings. The van der Waals surface area contributed by atoms with Crippen LogP contribution in [-0.2, 0) is 14.3 Å². The Balaban J connectivity index is 2.21. The maximum absolute atomic E-state index is 12.2. The Labute approximate surface area is 118 Å². The van der Waals surface area contributed by atoms with Gasteiger partial charge in [-0.15, -0.1) is 0 Å². The predicted molar refractivity (Wildman–Crippen MR) is 73.1 cm³/mol. The number of benzene rings is 1. The van der Waals surface area contributed by atoms with Crippen molar-refractivity contribution in [3.05, 3.63) is 35.9 Å². The minimum atomic E-state index is -0.598. The summed E-state index contributed by atoms with van der Waals surface area (Å²) in [6.45, 7) is 5.45. The van der Waals surface area contributed by atoms with Crippen LogP contribution in [0.15, 0.2) is 30.3 Å². The van der Waals surface area contributed by atoms with Crippen molar-refractivity contribution < 1.29 is 19.1 Å². The molecule has 0 saturated carbocycles. The molecule has 0 radical (unpaired) electrons. The van der Waals surface area contributed by atoms with Crippen molar-refractivity contribution in [2.24, 2.45) is 0 Å². The minimum absolute atomic E-state index is 0.0888. The smallest absolute Gasteiger partial charge is 0.411 e. The van der Waals surface area contributed by atoms with Gasteiger partial charge in [-0.05, 0) is 26.3 Å². The van der Waals surface area contributed by atoms with Crippen LogP contribution in [-0.4, -0.2) is 35.7 Å². The second-order valence-electron chi connectivity index (χ2n) is 5.72. The first-order chi connectivity index (χ1) is 9.37. The summed E-state index contributed by atoms with van der Waals surface area (Å²) in [6.07, 6.45) is -0.497. The normalized spacial score (nSPS) is 19.4. The highest BCUT2D eigenvalue weighted by Gasteiger charge is 2.35. The summed E-state index contributed by atoms with van der Waals surface area (Å²) in [5.41, 5.74) is 0.325. The predicted octanol–water partition coefficient (Wildman–Crippen LogP) is 2.52. The van der Waals surface area contributed by atoms with Gasteiger partial charge in [-0.2, -0.15) is 0 Å². The summed E-state index contributed by atoms with van der Waals surface area (Å²) in [4.78, 5) is 25.1. The summed E-state index contributed by atoms with van der Waals surface area (Å²) in [5.74, 6) is -0.414. The quantitative estimate of drug-likeness (QED) is 0.585.